The molecule has 24 N–H and O–H groups in total. The van der Waals surface area contributed by atoms with Crippen molar-refractivity contribution in [3.8, 4) is 0 Å². The summed E-state index contributed by atoms with van der Waals surface area (Å²) in [5.74, 6) is 2.24. The average Bonchev–Trinajstić information content (AvgIpc) is 0.874. The third-order valence-electron chi connectivity index (χ3n) is 15.0. The molecule has 0 bridgehead atoms. The minimum atomic E-state index is 0. The molecule has 0 spiro atoms. The lowest BCUT2D eigenvalue weighted by Gasteiger charge is -2.28. The molecule has 12 nitrogen and oxygen atoms in total. The summed E-state index contributed by atoms with van der Waals surface area (Å²) in [6, 6.07) is 105. The fraction of sp³-hybridized carbons (Fsp3) is 0.362. The smallest absolute Gasteiger partial charge is 0.0403 e. The summed E-state index contributed by atoms with van der Waals surface area (Å²) in [5.41, 5.74) is 68.0. The van der Waals surface area contributed by atoms with Crippen LogP contribution >= 0.6 is 0 Å². The molecule has 12 heteroatoms. The molecule has 0 amide bonds. The summed E-state index contributed by atoms with van der Waals surface area (Å²) >= 11 is 0. The standard InChI is InChI=1S/C27H24.C13H24.C13H12.2C8H10.2C6H6.CH6N2.10CH5N.2CH4/c1-3-7-22(8-4-1)19-24-11-15-26(16-12-24)21-27-17-13-25(14-18-27)20-23-9-5-2-6-10-23;2*1-3-7-12(8-4-1)11-13-9-5-2-6-10-13;2*1-2-8-6-4-3-5-7-8;2*1-2-4-6-5-3-1;2-1-3;10*1-2;;/h1-18H,19-21H2;12-13H,1-11H2;1-10H,11H2;2*3-7H,2H2,1H3;2*1-6H;1-3H2;10*2H2,1H3;2*1H4. The van der Waals surface area contributed by atoms with Gasteiger partial charge in [-0.2, -0.15) is 0 Å². The Morgan fingerprint density at radius 3 is 0.453 bits per heavy atom. The first-order valence-electron chi connectivity index (χ1n) is 37.1. The van der Waals surface area contributed by atoms with Gasteiger partial charge >= 0.3 is 0 Å². The Bertz CT molecular complexity index is 2760. The maximum atomic E-state index is 4.62. The maximum absolute atomic E-state index is 4.62. The first-order chi connectivity index (χ1) is 51.5. The van der Waals surface area contributed by atoms with Gasteiger partial charge in [-0.1, -0.05) is 396 Å². The van der Waals surface area contributed by atoms with E-state index in [2.05, 4.69) is 301 Å². The van der Waals surface area contributed by atoms with Gasteiger partial charge in [0.25, 0.3) is 0 Å². The fourth-order valence-corrected chi connectivity index (χ4v) is 10.4. The van der Waals surface area contributed by atoms with Gasteiger partial charge in [0.15, 0.2) is 0 Å². The third-order valence-corrected chi connectivity index (χ3v) is 15.0. The van der Waals surface area contributed by atoms with Crippen LogP contribution in [-0.4, -0.2) is 77.1 Å². The molecule has 2 saturated carbocycles. The SMILES string of the molecule is C.C.C1CCC(CC2CCCCC2)CC1.CCc1ccccc1.CCc1ccccc1.CN.CN.CN.CN.CN.CN.CN.CN.CN.CN.NCN.c1ccc(Cc2ccc(Cc3ccc(Cc4ccccc4)cc3)cc2)cc1.c1ccc(Cc2ccccc2)cc1.c1ccccc1.c1ccccc1. The molecule has 10 aromatic carbocycles. The summed E-state index contributed by atoms with van der Waals surface area (Å²) < 4.78 is 0. The molecule has 0 atom stereocenters. The Balaban J connectivity index is -0.000000176. The topological polar surface area (TPSA) is 312 Å². The predicted molar refractivity (Wildman–Crippen MR) is 480 cm³/mol. The Morgan fingerprint density at radius 1 is 0.198 bits per heavy atom. The van der Waals surface area contributed by atoms with E-state index in [4.69, 9.17) is 0 Å². The van der Waals surface area contributed by atoms with Crippen LogP contribution in [0.2, 0.25) is 0 Å². The van der Waals surface area contributed by atoms with Crippen LogP contribution in [-0.2, 0) is 38.5 Å². The minimum absolute atomic E-state index is 0. The van der Waals surface area contributed by atoms with Crippen LogP contribution in [0.15, 0.2) is 303 Å². The second-order valence-electron chi connectivity index (χ2n) is 21.7. The van der Waals surface area contributed by atoms with Crippen molar-refractivity contribution in [3.05, 3.63) is 359 Å². The summed E-state index contributed by atoms with van der Waals surface area (Å²) in [5, 5.41) is 0. The van der Waals surface area contributed by atoms with Crippen molar-refractivity contribution in [2.45, 2.75) is 138 Å². The van der Waals surface area contributed by atoms with Crippen LogP contribution in [0.4, 0.5) is 0 Å². The van der Waals surface area contributed by atoms with Gasteiger partial charge in [0.2, 0.25) is 0 Å². The predicted octanol–water partition coefficient (Wildman–Crippen LogP) is 18.0. The van der Waals surface area contributed by atoms with Gasteiger partial charge in [0.05, 0.1) is 0 Å². The van der Waals surface area contributed by atoms with E-state index in [-0.39, 0.29) is 21.5 Å². The largest absolute Gasteiger partial charge is 0.333 e. The fourth-order valence-electron chi connectivity index (χ4n) is 10.4. The second kappa shape index (κ2) is 96.7. The molecule has 10 aromatic rings. The van der Waals surface area contributed by atoms with E-state index in [1.54, 1.807) is 32.1 Å². The van der Waals surface area contributed by atoms with Gasteiger partial charge in [0, 0.05) is 6.67 Å². The lowest BCUT2D eigenvalue weighted by molar-refractivity contribution is 0.244. The number of rotatable bonds is 12. The third kappa shape index (κ3) is 68.8. The second-order valence-corrected chi connectivity index (χ2v) is 21.7. The van der Waals surface area contributed by atoms with Crippen molar-refractivity contribution in [2.24, 2.45) is 80.6 Å². The Labute approximate surface area is 651 Å². The molecular formula is C94H156N12. The molecule has 0 unspecified atom stereocenters. The Morgan fingerprint density at radius 2 is 0.321 bits per heavy atom. The zero-order chi connectivity index (χ0) is 79.0. The summed E-state index contributed by atoms with van der Waals surface area (Å²) in [6.45, 7) is 4.57. The molecule has 2 aliphatic carbocycles. The van der Waals surface area contributed by atoms with Gasteiger partial charge in [-0.3, -0.25) is 0 Å². The molecule has 0 aromatic heterocycles. The van der Waals surface area contributed by atoms with Crippen molar-refractivity contribution >= 4 is 0 Å². The number of nitrogens with two attached hydrogens (primary N) is 12. The molecule has 0 heterocycles. The molecule has 2 fully saturated rings. The van der Waals surface area contributed by atoms with Crippen LogP contribution in [0.3, 0.4) is 0 Å². The van der Waals surface area contributed by atoms with Crippen LogP contribution in [0.5, 0.6) is 0 Å². The van der Waals surface area contributed by atoms with E-state index >= 15 is 0 Å². The van der Waals surface area contributed by atoms with Crippen LogP contribution in [0.1, 0.15) is 155 Å². The van der Waals surface area contributed by atoms with E-state index in [9.17, 15) is 0 Å². The van der Waals surface area contributed by atoms with Crippen molar-refractivity contribution in [1.82, 2.24) is 0 Å². The van der Waals surface area contributed by atoms with Gasteiger partial charge in [0.1, 0.15) is 0 Å². The highest BCUT2D eigenvalue weighted by molar-refractivity contribution is 5.34. The van der Waals surface area contributed by atoms with Gasteiger partial charge in [-0.25, -0.2) is 0 Å². The first kappa shape index (κ1) is 114. The maximum Gasteiger partial charge on any atom is 0.0403 e. The molecule has 592 valence electrons. The summed E-state index contributed by atoms with van der Waals surface area (Å²) in [6.07, 6.45) is 23.2. The molecular weight excluding hydrogens is 1300 g/mol. The first-order valence-corrected chi connectivity index (χ1v) is 37.1. The molecule has 106 heavy (non-hydrogen) atoms. The van der Waals surface area contributed by atoms with Crippen molar-refractivity contribution in [3.63, 3.8) is 0 Å². The van der Waals surface area contributed by atoms with Crippen molar-refractivity contribution in [1.29, 1.82) is 0 Å². The lowest BCUT2D eigenvalue weighted by atomic mass is 9.78. The molecule has 2 aliphatic rings. The van der Waals surface area contributed by atoms with Gasteiger partial charge in [-0.05, 0) is 183 Å². The zero-order valence-corrected chi connectivity index (χ0v) is 66.7. The molecule has 0 radical (unpaired) electrons. The van der Waals surface area contributed by atoms with E-state index < -0.39 is 0 Å². The molecule has 12 rings (SSSR count). The normalized spacial score (nSPS) is 10.3. The van der Waals surface area contributed by atoms with E-state index in [0.29, 0.717) is 0 Å². The molecule has 0 aliphatic heterocycles. The minimum Gasteiger partial charge on any atom is -0.333 e. The molecule has 0 saturated heterocycles. The Kier molecular flexibility index (Phi) is 104. The zero-order valence-electron chi connectivity index (χ0n) is 66.7. The average molecular weight is 1450 g/mol. The van der Waals surface area contributed by atoms with Gasteiger partial charge < -0.3 is 68.8 Å². The highest BCUT2D eigenvalue weighted by atomic mass is 14.7. The van der Waals surface area contributed by atoms with Crippen LogP contribution < -0.4 is 68.8 Å². The number of hydrogen-bond acceptors (Lipinski definition) is 12. The number of benzene rings is 10. The van der Waals surface area contributed by atoms with Crippen LogP contribution in [0, 0.1) is 11.8 Å². The summed E-state index contributed by atoms with van der Waals surface area (Å²) in [7, 11) is 15.0. The van der Waals surface area contributed by atoms with Crippen molar-refractivity contribution in [2.75, 3.05) is 77.1 Å². The van der Waals surface area contributed by atoms with E-state index in [1.165, 1.54) is 165 Å². The number of aryl methyl sites for hydroxylation is 2. The highest BCUT2D eigenvalue weighted by Gasteiger charge is 2.20. The lowest BCUT2D eigenvalue weighted by Crippen LogP contribution is -2.14. The summed E-state index contributed by atoms with van der Waals surface area (Å²) in [4.78, 5) is 0. The van der Waals surface area contributed by atoms with Gasteiger partial charge in [-0.15, -0.1) is 0 Å². The highest BCUT2D eigenvalue weighted by Crippen LogP contribution is 2.35. The van der Waals surface area contributed by atoms with Crippen molar-refractivity contribution < 1.29 is 0 Å². The monoisotopic (exact) mass is 1450 g/mol. The number of hydrogen-bond donors (Lipinski definition) is 12. The Hall–Kier alpha value is -8.28. The van der Waals surface area contributed by atoms with E-state index in [0.717, 1.165) is 50.4 Å². The quantitative estimate of drug-likeness (QED) is 0.0508. The van der Waals surface area contributed by atoms with E-state index in [1.807, 2.05) is 84.9 Å². The van der Waals surface area contributed by atoms with Crippen LogP contribution in [0.25, 0.3) is 0 Å².